The molecule has 0 spiro atoms. The molecule has 1 unspecified atom stereocenters. The third kappa shape index (κ3) is 10.6. The average molecular weight is 564 g/mol. The van der Waals surface area contributed by atoms with E-state index in [1.54, 1.807) is 6.92 Å². The van der Waals surface area contributed by atoms with E-state index in [0.29, 0.717) is 0 Å². The molecule has 40 heavy (non-hydrogen) atoms. The lowest BCUT2D eigenvalue weighted by atomic mass is 10.1. The highest BCUT2D eigenvalue weighted by Crippen LogP contribution is 2.18. The van der Waals surface area contributed by atoms with Gasteiger partial charge in [-0.3, -0.25) is 53.0 Å². The van der Waals surface area contributed by atoms with Gasteiger partial charge in [-0.25, -0.2) is 0 Å². The van der Waals surface area contributed by atoms with Gasteiger partial charge in [0.15, 0.2) is 0 Å². The fourth-order valence-corrected chi connectivity index (χ4v) is 3.66. The van der Waals surface area contributed by atoms with Crippen LogP contribution in [-0.2, 0) is 43.2 Å². The number of hydrogen-bond acceptors (Lipinski definition) is 9. The van der Waals surface area contributed by atoms with Crippen molar-refractivity contribution >= 4 is 53.2 Å². The Labute approximate surface area is 229 Å². The van der Waals surface area contributed by atoms with Gasteiger partial charge in [0.1, 0.15) is 0 Å². The number of rotatable bonds is 16. The van der Waals surface area contributed by atoms with E-state index in [0.717, 1.165) is 22.0 Å². The van der Waals surface area contributed by atoms with Crippen molar-refractivity contribution in [3.05, 3.63) is 12.2 Å². The first kappa shape index (κ1) is 31.6. The van der Waals surface area contributed by atoms with Gasteiger partial charge in [0, 0.05) is 63.5 Å². The predicted molar refractivity (Wildman–Crippen MR) is 135 cm³/mol. The molecule has 2 aliphatic rings. The molecule has 2 heterocycles. The fourth-order valence-electron chi connectivity index (χ4n) is 3.66. The first-order valence-electron chi connectivity index (χ1n) is 12.7. The molecule has 5 N–H and O–H groups in total. The number of hydrogen-bond donors (Lipinski definition) is 5. The van der Waals surface area contributed by atoms with Crippen molar-refractivity contribution in [3.63, 3.8) is 0 Å². The van der Waals surface area contributed by atoms with Gasteiger partial charge in [-0.2, -0.15) is 0 Å². The lowest BCUT2D eigenvalue weighted by Gasteiger charge is -2.14. The molecule has 0 saturated carbocycles. The maximum absolute atomic E-state index is 11.9. The van der Waals surface area contributed by atoms with E-state index in [1.807, 2.05) is 0 Å². The Kier molecular flexibility index (Phi) is 12.4. The summed E-state index contributed by atoms with van der Waals surface area (Å²) < 4.78 is 0. The Hall–Kier alpha value is -4.63. The Balaban J connectivity index is 1.46. The zero-order valence-corrected chi connectivity index (χ0v) is 22.1. The van der Waals surface area contributed by atoms with Gasteiger partial charge >= 0.3 is 0 Å². The first-order valence-corrected chi connectivity index (χ1v) is 12.7. The topological polar surface area (TPSA) is 220 Å². The maximum Gasteiger partial charge on any atom is 0.253 e. The zero-order chi connectivity index (χ0) is 29.7. The van der Waals surface area contributed by atoms with E-state index in [-0.39, 0.29) is 82.7 Å². The highest BCUT2D eigenvalue weighted by Gasteiger charge is 2.34. The second-order valence-electron chi connectivity index (χ2n) is 9.03. The summed E-state index contributed by atoms with van der Waals surface area (Å²) in [7, 11) is 0. The molecule has 9 amide bonds. The van der Waals surface area contributed by atoms with Gasteiger partial charge < -0.3 is 26.6 Å². The molecule has 0 aliphatic carbocycles. The third-order valence-electron chi connectivity index (χ3n) is 5.83. The van der Waals surface area contributed by atoms with Crippen LogP contribution in [0.5, 0.6) is 0 Å². The van der Waals surface area contributed by atoms with Crippen LogP contribution in [0.25, 0.3) is 0 Å². The Bertz CT molecular complexity index is 1070. The van der Waals surface area contributed by atoms with Crippen molar-refractivity contribution in [2.24, 2.45) is 5.92 Å². The van der Waals surface area contributed by atoms with Crippen molar-refractivity contribution in [3.8, 4) is 0 Å². The Morgan fingerprint density at radius 2 is 1.18 bits per heavy atom. The quantitative estimate of drug-likeness (QED) is 0.116. The largest absolute Gasteiger partial charge is 0.354 e. The minimum atomic E-state index is -0.651. The van der Waals surface area contributed by atoms with Crippen LogP contribution >= 0.6 is 0 Å². The Morgan fingerprint density at radius 3 is 1.73 bits per heavy atom. The monoisotopic (exact) mass is 563 g/mol. The summed E-state index contributed by atoms with van der Waals surface area (Å²) in [6, 6.07) is 0. The van der Waals surface area contributed by atoms with Gasteiger partial charge in [0.25, 0.3) is 11.8 Å². The second-order valence-corrected chi connectivity index (χ2v) is 9.03. The molecule has 1 atom stereocenters. The Morgan fingerprint density at radius 1 is 0.675 bits per heavy atom. The molecule has 0 aromatic carbocycles. The molecule has 2 aliphatic heterocycles. The van der Waals surface area contributed by atoms with E-state index in [2.05, 4.69) is 26.6 Å². The summed E-state index contributed by atoms with van der Waals surface area (Å²) in [5.74, 6) is -4.48. The van der Waals surface area contributed by atoms with Crippen molar-refractivity contribution in [1.29, 1.82) is 0 Å². The van der Waals surface area contributed by atoms with Crippen LogP contribution in [0, 0.1) is 5.92 Å². The molecule has 16 heteroatoms. The normalized spacial score (nSPS) is 16.3. The van der Waals surface area contributed by atoms with Crippen molar-refractivity contribution in [2.75, 3.05) is 45.8 Å². The van der Waals surface area contributed by atoms with E-state index in [9.17, 15) is 43.2 Å². The lowest BCUT2D eigenvalue weighted by molar-refractivity contribution is -0.140. The van der Waals surface area contributed by atoms with Crippen LogP contribution < -0.4 is 26.6 Å². The summed E-state index contributed by atoms with van der Waals surface area (Å²) in [6.07, 6.45) is 2.65. The van der Waals surface area contributed by atoms with Crippen LogP contribution in [0.2, 0.25) is 0 Å². The van der Waals surface area contributed by atoms with E-state index >= 15 is 0 Å². The molecule has 0 aromatic heterocycles. The van der Waals surface area contributed by atoms with Gasteiger partial charge in [-0.05, 0) is 6.42 Å². The molecule has 16 nitrogen and oxygen atoms in total. The highest BCUT2D eigenvalue weighted by molar-refractivity contribution is 6.12. The first-order chi connectivity index (χ1) is 19.0. The molecule has 2 rings (SSSR count). The molecular formula is C24H33N7O9. The summed E-state index contributed by atoms with van der Waals surface area (Å²) >= 11 is 0. The molecule has 0 aromatic rings. The minimum Gasteiger partial charge on any atom is -0.354 e. The number of likely N-dealkylation sites (tertiary alicyclic amines) is 1. The predicted octanol–water partition coefficient (Wildman–Crippen LogP) is -3.94. The van der Waals surface area contributed by atoms with Crippen LogP contribution in [0.3, 0.4) is 0 Å². The van der Waals surface area contributed by atoms with Crippen molar-refractivity contribution < 1.29 is 43.2 Å². The molecule has 0 bridgehead atoms. The van der Waals surface area contributed by atoms with Gasteiger partial charge in [-0.15, -0.1) is 0 Å². The van der Waals surface area contributed by atoms with Crippen LogP contribution in [-0.4, -0.2) is 109 Å². The number of imide groups is 2. The summed E-state index contributed by atoms with van der Waals surface area (Å²) in [4.78, 5) is 108. The SMILES string of the molecule is CC1CC(=O)N(CCCC(=O)NCC(=O)NCC(=O)NCC(=O)NCCC(=O)NCCN2C(=O)C=CC2=O)C1=O. The van der Waals surface area contributed by atoms with Gasteiger partial charge in [0.05, 0.1) is 19.6 Å². The van der Waals surface area contributed by atoms with Gasteiger partial charge in [0.2, 0.25) is 41.4 Å². The number of carbonyl (C=O) groups is 9. The average Bonchev–Trinajstić information content (AvgIpc) is 3.35. The van der Waals surface area contributed by atoms with E-state index in [4.69, 9.17) is 0 Å². The van der Waals surface area contributed by atoms with Gasteiger partial charge in [-0.1, -0.05) is 6.92 Å². The van der Waals surface area contributed by atoms with E-state index in [1.165, 1.54) is 0 Å². The van der Waals surface area contributed by atoms with Crippen molar-refractivity contribution in [2.45, 2.75) is 32.6 Å². The fraction of sp³-hybridized carbons (Fsp3) is 0.542. The molecule has 0 radical (unpaired) electrons. The lowest BCUT2D eigenvalue weighted by Crippen LogP contribution is -2.44. The molecule has 1 fully saturated rings. The molecule has 218 valence electrons. The maximum atomic E-state index is 11.9. The second kappa shape index (κ2) is 15.7. The number of nitrogens with one attached hydrogen (secondary N) is 5. The standard InChI is InChI=1S/C24H33N7O9/c1-15-11-23(39)31(24(15)40)9-2-3-16(32)27-13-19(35)29-14-20(36)28-12-18(34)25-7-6-17(33)26-8-10-30-21(37)4-5-22(30)38/h4-5,15H,2-3,6-14H2,1H3,(H,25,34)(H,26,33)(H,27,32)(H,28,36)(H,29,35). The highest BCUT2D eigenvalue weighted by atomic mass is 16.2. The summed E-state index contributed by atoms with van der Waals surface area (Å²) in [5, 5.41) is 11.9. The van der Waals surface area contributed by atoms with E-state index < -0.39 is 47.9 Å². The minimum absolute atomic E-state index is 0.00825. The molecule has 1 saturated heterocycles. The number of nitrogens with zero attached hydrogens (tertiary/aromatic N) is 2. The third-order valence-corrected chi connectivity index (χ3v) is 5.83. The smallest absolute Gasteiger partial charge is 0.253 e. The van der Waals surface area contributed by atoms with Crippen LogP contribution in [0.1, 0.15) is 32.6 Å². The summed E-state index contributed by atoms with van der Waals surface area (Å²) in [5.41, 5.74) is 0. The number of amides is 9. The van der Waals surface area contributed by atoms with Crippen LogP contribution in [0.15, 0.2) is 12.2 Å². The molecular weight excluding hydrogens is 530 g/mol. The summed E-state index contributed by atoms with van der Waals surface area (Å²) in [6.45, 7) is 0.686. The van der Waals surface area contributed by atoms with Crippen molar-refractivity contribution in [1.82, 2.24) is 36.4 Å². The van der Waals surface area contributed by atoms with Crippen LogP contribution in [0.4, 0.5) is 0 Å². The number of carbonyl (C=O) groups excluding carboxylic acids is 9. The zero-order valence-electron chi connectivity index (χ0n) is 22.1.